The van der Waals surface area contributed by atoms with Crippen LogP contribution < -0.4 is 9.80 Å². The number of para-hydroxylation sites is 4. The average Bonchev–Trinajstić information content (AvgIpc) is 3.26. The second-order valence-corrected chi connectivity index (χ2v) is 9.42. The van der Waals surface area contributed by atoms with E-state index >= 15 is 8.78 Å². The molecule has 2 aliphatic heterocycles. The standard InChI is InChI=1S/C34H20F2N4/c1-37-31-32(39-26-14-6-2-10-22(26)18-19-23-11-3-7-15-27(23)39)30(35)34(38-33(31)36)40-28-16-8-4-12-24(28)20-21-25-13-5-9-17-29(25)40/h2-21H. The Morgan fingerprint density at radius 1 is 0.550 bits per heavy atom. The summed E-state index contributed by atoms with van der Waals surface area (Å²) in [5.74, 6) is -2.07. The first-order valence-electron chi connectivity index (χ1n) is 12.7. The second kappa shape index (κ2) is 9.33. The van der Waals surface area contributed by atoms with Crippen molar-refractivity contribution in [1.82, 2.24) is 4.98 Å². The third-order valence-corrected chi connectivity index (χ3v) is 7.17. The zero-order valence-corrected chi connectivity index (χ0v) is 21.1. The number of hydrogen-bond acceptors (Lipinski definition) is 3. The van der Waals surface area contributed by atoms with Gasteiger partial charge in [0.1, 0.15) is 0 Å². The van der Waals surface area contributed by atoms with Gasteiger partial charge in [-0.25, -0.2) is 14.2 Å². The van der Waals surface area contributed by atoms with Crippen LogP contribution in [0.3, 0.4) is 0 Å². The predicted molar refractivity (Wildman–Crippen MR) is 158 cm³/mol. The molecule has 190 valence electrons. The van der Waals surface area contributed by atoms with Gasteiger partial charge in [-0.1, -0.05) is 97.1 Å². The fraction of sp³-hybridized carbons (Fsp3) is 0. The molecule has 3 heterocycles. The Labute approximate surface area is 230 Å². The average molecular weight is 523 g/mol. The molecule has 1 aromatic heterocycles. The lowest BCUT2D eigenvalue weighted by Gasteiger charge is -2.31. The molecule has 0 unspecified atom stereocenters. The van der Waals surface area contributed by atoms with Crippen LogP contribution in [-0.4, -0.2) is 4.98 Å². The quantitative estimate of drug-likeness (QED) is 0.167. The van der Waals surface area contributed by atoms with Crippen LogP contribution in [0.15, 0.2) is 97.1 Å². The molecule has 0 saturated heterocycles. The Morgan fingerprint density at radius 3 is 1.32 bits per heavy atom. The second-order valence-electron chi connectivity index (χ2n) is 9.42. The van der Waals surface area contributed by atoms with Gasteiger partial charge in [-0.05, 0) is 46.5 Å². The smallest absolute Gasteiger partial charge is 0.267 e. The number of halogens is 2. The summed E-state index contributed by atoms with van der Waals surface area (Å²) in [6.07, 6.45) is 7.78. The van der Waals surface area contributed by atoms with E-state index in [-0.39, 0.29) is 11.5 Å². The van der Waals surface area contributed by atoms with Crippen LogP contribution >= 0.6 is 0 Å². The summed E-state index contributed by atoms with van der Waals surface area (Å²) in [7, 11) is 0. The van der Waals surface area contributed by atoms with Crippen molar-refractivity contribution < 1.29 is 8.78 Å². The van der Waals surface area contributed by atoms with Gasteiger partial charge in [0.2, 0.25) is 5.95 Å². The van der Waals surface area contributed by atoms with E-state index in [0.29, 0.717) is 22.7 Å². The highest BCUT2D eigenvalue weighted by Gasteiger charge is 2.33. The van der Waals surface area contributed by atoms with Gasteiger partial charge in [0.25, 0.3) is 5.69 Å². The number of rotatable bonds is 2. The third-order valence-electron chi connectivity index (χ3n) is 7.17. The topological polar surface area (TPSA) is 23.7 Å². The summed E-state index contributed by atoms with van der Waals surface area (Å²) in [5, 5.41) is 0. The molecule has 0 fully saturated rings. The van der Waals surface area contributed by atoms with Crippen molar-refractivity contribution in [2.24, 2.45) is 0 Å². The first-order chi connectivity index (χ1) is 19.7. The molecule has 6 heteroatoms. The highest BCUT2D eigenvalue weighted by molar-refractivity contribution is 5.98. The van der Waals surface area contributed by atoms with Crippen LogP contribution in [0.5, 0.6) is 0 Å². The molecule has 7 rings (SSSR count). The van der Waals surface area contributed by atoms with Crippen molar-refractivity contribution in [1.29, 1.82) is 0 Å². The van der Waals surface area contributed by atoms with E-state index < -0.39 is 17.5 Å². The number of anilines is 6. The number of benzene rings is 4. The van der Waals surface area contributed by atoms with E-state index in [0.717, 1.165) is 22.3 Å². The summed E-state index contributed by atoms with van der Waals surface area (Å²) in [6, 6.07) is 30.0. The monoisotopic (exact) mass is 522 g/mol. The van der Waals surface area contributed by atoms with E-state index in [4.69, 9.17) is 6.57 Å². The molecule has 4 aromatic carbocycles. The molecule has 0 saturated carbocycles. The maximum atomic E-state index is 17.2. The molecule has 40 heavy (non-hydrogen) atoms. The van der Waals surface area contributed by atoms with Crippen LogP contribution in [0.4, 0.5) is 48.7 Å². The molecule has 5 aromatic rings. The minimum Gasteiger partial charge on any atom is -0.316 e. The fourth-order valence-corrected chi connectivity index (χ4v) is 5.37. The lowest BCUT2D eigenvalue weighted by atomic mass is 10.1. The first-order valence-corrected chi connectivity index (χ1v) is 12.7. The zero-order chi connectivity index (χ0) is 27.2. The Kier molecular flexibility index (Phi) is 5.50. The van der Waals surface area contributed by atoms with E-state index in [1.165, 1.54) is 0 Å². The lowest BCUT2D eigenvalue weighted by Crippen LogP contribution is -2.20. The summed E-state index contributed by atoms with van der Waals surface area (Å²) in [5.41, 5.74) is 5.14. The minimum absolute atomic E-state index is 0.187. The molecule has 0 bridgehead atoms. The number of pyridine rings is 1. The fourth-order valence-electron chi connectivity index (χ4n) is 5.37. The van der Waals surface area contributed by atoms with Gasteiger partial charge in [0.05, 0.1) is 35.0 Å². The molecular weight excluding hydrogens is 502 g/mol. The molecule has 0 N–H and O–H groups in total. The summed E-state index contributed by atoms with van der Waals surface area (Å²) < 4.78 is 33.1. The number of fused-ring (bicyclic) bond motifs is 4. The van der Waals surface area contributed by atoms with Crippen LogP contribution in [0.2, 0.25) is 0 Å². The zero-order valence-electron chi connectivity index (χ0n) is 21.1. The number of nitrogens with zero attached hydrogens (tertiary/aromatic N) is 4. The van der Waals surface area contributed by atoms with Crippen LogP contribution in [0.25, 0.3) is 29.1 Å². The Balaban J connectivity index is 1.57. The van der Waals surface area contributed by atoms with Gasteiger partial charge in [-0.15, -0.1) is 0 Å². The van der Waals surface area contributed by atoms with Gasteiger partial charge in [-0.2, -0.15) is 4.39 Å². The first kappa shape index (κ1) is 23.6. The van der Waals surface area contributed by atoms with Crippen molar-refractivity contribution in [3.05, 3.63) is 142 Å². The Morgan fingerprint density at radius 2 is 0.925 bits per heavy atom. The summed E-state index contributed by atoms with van der Waals surface area (Å²) in [6.45, 7) is 7.86. The van der Waals surface area contributed by atoms with Crippen molar-refractivity contribution in [2.75, 3.05) is 9.80 Å². The van der Waals surface area contributed by atoms with Crippen LogP contribution in [-0.2, 0) is 0 Å². The predicted octanol–water partition coefficient (Wildman–Crippen LogP) is 9.82. The van der Waals surface area contributed by atoms with Crippen molar-refractivity contribution in [3.8, 4) is 0 Å². The minimum atomic E-state index is -1.04. The largest absolute Gasteiger partial charge is 0.316 e. The molecule has 0 aliphatic carbocycles. The highest BCUT2D eigenvalue weighted by atomic mass is 19.1. The Hall–Kier alpha value is -5.54. The normalized spacial score (nSPS) is 12.9. The molecule has 0 amide bonds. The van der Waals surface area contributed by atoms with Crippen molar-refractivity contribution in [3.63, 3.8) is 0 Å². The van der Waals surface area contributed by atoms with E-state index in [1.54, 1.807) is 9.80 Å². The van der Waals surface area contributed by atoms with Crippen LogP contribution in [0, 0.1) is 18.3 Å². The molecule has 4 nitrogen and oxygen atoms in total. The third kappa shape index (κ3) is 3.60. The lowest BCUT2D eigenvalue weighted by molar-refractivity contribution is 0.569. The summed E-state index contributed by atoms with van der Waals surface area (Å²) >= 11 is 0. The SMILES string of the molecule is [C-]#[N+]c1c(F)nc(N2c3ccccc3C=Cc3ccccc32)c(F)c1N1c2ccccc2C=Cc2ccccc21. The molecular formula is C34H20F2N4. The number of aromatic nitrogens is 1. The van der Waals surface area contributed by atoms with Crippen molar-refractivity contribution in [2.45, 2.75) is 0 Å². The molecule has 2 aliphatic rings. The van der Waals surface area contributed by atoms with Crippen molar-refractivity contribution >= 4 is 64.2 Å². The van der Waals surface area contributed by atoms with Gasteiger partial charge in [0.15, 0.2) is 11.6 Å². The molecule has 0 radical (unpaired) electrons. The maximum Gasteiger partial charge on any atom is 0.267 e. The van der Waals surface area contributed by atoms with Gasteiger partial charge >= 0.3 is 0 Å². The molecule has 0 spiro atoms. The maximum absolute atomic E-state index is 17.2. The van der Waals surface area contributed by atoms with E-state index in [1.807, 2.05) is 121 Å². The van der Waals surface area contributed by atoms with Gasteiger partial charge in [0, 0.05) is 0 Å². The van der Waals surface area contributed by atoms with Crippen LogP contribution in [0.1, 0.15) is 22.3 Å². The summed E-state index contributed by atoms with van der Waals surface area (Å²) in [4.78, 5) is 10.8. The van der Waals surface area contributed by atoms with Gasteiger partial charge < -0.3 is 4.90 Å². The Bertz CT molecular complexity index is 1820. The number of hydrogen-bond donors (Lipinski definition) is 0. The highest BCUT2D eigenvalue weighted by Crippen LogP contribution is 2.51. The van der Waals surface area contributed by atoms with E-state index in [9.17, 15) is 0 Å². The van der Waals surface area contributed by atoms with E-state index in [2.05, 4.69) is 9.83 Å². The molecule has 0 atom stereocenters. The van der Waals surface area contributed by atoms with Gasteiger partial charge in [-0.3, -0.25) is 4.90 Å².